The molecule has 0 unspecified atom stereocenters. The summed E-state index contributed by atoms with van der Waals surface area (Å²) in [6.07, 6.45) is 8.19. The number of hydrogen-bond acceptors (Lipinski definition) is 4. The summed E-state index contributed by atoms with van der Waals surface area (Å²) >= 11 is 0. The highest BCUT2D eigenvalue weighted by Gasteiger charge is 2.54. The number of rotatable bonds is 3. The van der Waals surface area contributed by atoms with Crippen LogP contribution in [-0.2, 0) is 16.2 Å². The standard InChI is InChI=1S/C52H51BN2O2/c1-50(2,3)34-15-19-37(20-16-34)54-41-26-36(52-28-31-23-32(29-52)25-33(24-31)30-52)27-42-45(41)53(48-46(54)39-11-7-9-13-43(39)56-48)49-47(40-12-8-10-14-44(40)57-49)55(42)38-21-17-35(18-22-38)51(4,5)6/h7-22,26-27,31-33H,23-25,28-30H2,1-6H3. The molecule has 4 heterocycles. The van der Waals surface area contributed by atoms with Gasteiger partial charge in [-0.25, -0.2) is 0 Å². The molecule has 4 aliphatic carbocycles. The largest absolute Gasteiger partial charge is 0.468 e. The molecule has 4 nitrogen and oxygen atoms in total. The molecule has 6 aliphatic rings. The van der Waals surface area contributed by atoms with E-state index in [1.807, 2.05) is 0 Å². The van der Waals surface area contributed by atoms with E-state index in [0.29, 0.717) is 0 Å². The van der Waals surface area contributed by atoms with E-state index >= 15 is 0 Å². The molecule has 2 aromatic heterocycles. The summed E-state index contributed by atoms with van der Waals surface area (Å²) in [5.74, 6) is 2.52. The van der Waals surface area contributed by atoms with Gasteiger partial charge in [-0.2, -0.15) is 0 Å². The van der Waals surface area contributed by atoms with Crippen LogP contribution >= 0.6 is 0 Å². The Hall–Kier alpha value is -5.16. The van der Waals surface area contributed by atoms with Crippen LogP contribution in [0.3, 0.4) is 0 Å². The maximum atomic E-state index is 7.13. The van der Waals surface area contributed by atoms with E-state index in [1.165, 1.54) is 72.1 Å². The number of para-hydroxylation sites is 2. The molecule has 4 bridgehead atoms. The number of nitrogens with zero attached hydrogens (tertiary/aromatic N) is 2. The van der Waals surface area contributed by atoms with Crippen molar-refractivity contribution >= 4 is 79.6 Å². The van der Waals surface area contributed by atoms with Crippen molar-refractivity contribution in [1.82, 2.24) is 0 Å². The molecule has 284 valence electrons. The van der Waals surface area contributed by atoms with Gasteiger partial charge in [0.05, 0.1) is 11.4 Å². The van der Waals surface area contributed by atoms with Crippen LogP contribution in [0, 0.1) is 17.8 Å². The monoisotopic (exact) mass is 746 g/mol. The second-order valence-electron chi connectivity index (χ2n) is 20.4. The highest BCUT2D eigenvalue weighted by atomic mass is 16.3. The first-order valence-electron chi connectivity index (χ1n) is 21.5. The normalized spacial score (nSPS) is 23.3. The molecule has 57 heavy (non-hydrogen) atoms. The van der Waals surface area contributed by atoms with Gasteiger partial charge in [-0.15, -0.1) is 0 Å². The SMILES string of the molecule is CC(C)(C)c1ccc(N2c3cc(C45CC6CC(CC(C6)C4)C5)cc4c3B(c3oc5ccccc5c32)c2oc3ccccc3c2N4c2ccc(C(C)(C)C)cc2)cc1. The first kappa shape index (κ1) is 33.9. The molecule has 5 aromatic carbocycles. The predicted octanol–water partition coefficient (Wildman–Crippen LogP) is 12.3. The van der Waals surface area contributed by atoms with E-state index in [-0.39, 0.29) is 23.0 Å². The van der Waals surface area contributed by atoms with E-state index < -0.39 is 0 Å². The third-order valence-corrected chi connectivity index (χ3v) is 14.7. The van der Waals surface area contributed by atoms with Gasteiger partial charge in [0.25, 0.3) is 0 Å². The van der Waals surface area contributed by atoms with Gasteiger partial charge in [0, 0.05) is 33.5 Å². The van der Waals surface area contributed by atoms with Crippen LogP contribution in [0.5, 0.6) is 0 Å². The van der Waals surface area contributed by atoms with Crippen molar-refractivity contribution in [1.29, 1.82) is 0 Å². The number of fused-ring (bicyclic) bond motifs is 8. The summed E-state index contributed by atoms with van der Waals surface area (Å²) in [5, 5.41) is 2.27. The minimum atomic E-state index is -0.208. The molecule has 0 saturated heterocycles. The van der Waals surface area contributed by atoms with Crippen molar-refractivity contribution in [3.63, 3.8) is 0 Å². The fourth-order valence-corrected chi connectivity index (χ4v) is 12.4. The summed E-state index contributed by atoms with van der Waals surface area (Å²) in [4.78, 5) is 5.11. The second kappa shape index (κ2) is 11.5. The van der Waals surface area contributed by atoms with Gasteiger partial charge in [-0.3, -0.25) is 0 Å². The molecule has 0 radical (unpaired) electrons. The number of hydrogen-bond donors (Lipinski definition) is 0. The lowest BCUT2D eigenvalue weighted by molar-refractivity contribution is -0.00514. The van der Waals surface area contributed by atoms with Crippen LogP contribution < -0.4 is 26.6 Å². The Labute approximate surface area is 336 Å². The van der Waals surface area contributed by atoms with Gasteiger partial charge < -0.3 is 18.6 Å². The lowest BCUT2D eigenvalue weighted by Gasteiger charge is -2.57. The van der Waals surface area contributed by atoms with Gasteiger partial charge in [0.1, 0.15) is 22.5 Å². The molecular weight excluding hydrogens is 695 g/mol. The van der Waals surface area contributed by atoms with E-state index in [2.05, 4.69) is 161 Å². The zero-order valence-electron chi connectivity index (χ0n) is 34.2. The van der Waals surface area contributed by atoms with Crippen molar-refractivity contribution in [3.05, 3.63) is 126 Å². The van der Waals surface area contributed by atoms with Crippen LogP contribution in [0.1, 0.15) is 96.8 Å². The van der Waals surface area contributed by atoms with Crippen molar-refractivity contribution in [2.75, 3.05) is 9.80 Å². The van der Waals surface area contributed by atoms with Crippen LogP contribution in [0.15, 0.2) is 118 Å². The Balaban J connectivity index is 1.19. The number of benzene rings is 5. The molecule has 2 aliphatic heterocycles. The Morgan fingerprint density at radius 1 is 0.544 bits per heavy atom. The molecule has 13 rings (SSSR count). The molecule has 0 N–H and O–H groups in total. The lowest BCUT2D eigenvalue weighted by atomic mass is 9.37. The van der Waals surface area contributed by atoms with E-state index in [4.69, 9.17) is 8.83 Å². The van der Waals surface area contributed by atoms with E-state index in [1.54, 1.807) is 0 Å². The minimum absolute atomic E-state index is 0.0529. The van der Waals surface area contributed by atoms with E-state index in [9.17, 15) is 0 Å². The van der Waals surface area contributed by atoms with Crippen LogP contribution in [0.2, 0.25) is 0 Å². The van der Waals surface area contributed by atoms with Crippen molar-refractivity contribution in [3.8, 4) is 0 Å². The third-order valence-electron chi connectivity index (χ3n) is 14.7. The Bertz CT molecular complexity index is 2560. The van der Waals surface area contributed by atoms with Gasteiger partial charge >= 0.3 is 6.71 Å². The van der Waals surface area contributed by atoms with Crippen molar-refractivity contribution in [2.45, 2.75) is 96.3 Å². The maximum absolute atomic E-state index is 7.13. The Morgan fingerprint density at radius 3 is 1.35 bits per heavy atom. The minimum Gasteiger partial charge on any atom is -0.468 e. The van der Waals surface area contributed by atoms with Gasteiger partial charge in [0.15, 0.2) is 0 Å². The van der Waals surface area contributed by atoms with Gasteiger partial charge in [0.2, 0.25) is 0 Å². The molecule has 5 heteroatoms. The van der Waals surface area contributed by atoms with E-state index in [0.717, 1.165) is 73.8 Å². The zero-order valence-corrected chi connectivity index (χ0v) is 34.2. The fourth-order valence-electron chi connectivity index (χ4n) is 12.4. The highest BCUT2D eigenvalue weighted by Crippen LogP contribution is 2.62. The van der Waals surface area contributed by atoms with Crippen LogP contribution in [0.4, 0.5) is 34.1 Å². The quantitative estimate of drug-likeness (QED) is 0.169. The topological polar surface area (TPSA) is 32.8 Å². The first-order valence-corrected chi connectivity index (χ1v) is 21.5. The summed E-state index contributed by atoms with van der Waals surface area (Å²) in [6, 6.07) is 41.2. The van der Waals surface area contributed by atoms with Crippen LogP contribution in [-0.4, -0.2) is 6.71 Å². The summed E-state index contributed by atoms with van der Waals surface area (Å²) in [6.45, 7) is 13.6. The van der Waals surface area contributed by atoms with Crippen LogP contribution in [0.25, 0.3) is 21.9 Å². The molecule has 0 spiro atoms. The average Bonchev–Trinajstić information content (AvgIpc) is 3.76. The summed E-state index contributed by atoms with van der Waals surface area (Å²) in [7, 11) is 0. The Morgan fingerprint density at radius 2 is 0.947 bits per heavy atom. The molecule has 0 atom stereocenters. The molecule has 7 aromatic rings. The second-order valence-corrected chi connectivity index (χ2v) is 20.4. The first-order chi connectivity index (χ1) is 27.4. The molecule has 4 saturated carbocycles. The smallest absolute Gasteiger partial charge is 0.342 e. The average molecular weight is 747 g/mol. The van der Waals surface area contributed by atoms with Gasteiger partial charge in [-0.05, 0) is 155 Å². The Kier molecular flexibility index (Phi) is 6.84. The summed E-state index contributed by atoms with van der Waals surface area (Å²) < 4.78 is 14.3. The maximum Gasteiger partial charge on any atom is 0.342 e. The third kappa shape index (κ3) is 4.87. The fraction of sp³-hybridized carbons (Fsp3) is 0.346. The molecular formula is C52H51BN2O2. The molecule has 4 fully saturated rings. The van der Waals surface area contributed by atoms with Crippen molar-refractivity contribution in [2.24, 2.45) is 17.8 Å². The molecule has 0 amide bonds. The predicted molar refractivity (Wildman–Crippen MR) is 237 cm³/mol. The highest BCUT2D eigenvalue weighted by molar-refractivity contribution is 6.99. The number of furan rings is 2. The zero-order chi connectivity index (χ0) is 38.6. The lowest BCUT2D eigenvalue weighted by Crippen LogP contribution is -2.60. The summed E-state index contributed by atoms with van der Waals surface area (Å²) in [5.41, 5.74) is 16.6. The van der Waals surface area contributed by atoms with Crippen molar-refractivity contribution < 1.29 is 8.83 Å². The van der Waals surface area contributed by atoms with Gasteiger partial charge in [-0.1, -0.05) is 90.1 Å². The number of anilines is 6.